The van der Waals surface area contributed by atoms with E-state index in [4.69, 9.17) is 23.7 Å². The van der Waals surface area contributed by atoms with Gasteiger partial charge < -0.3 is 23.7 Å². The molecule has 4 atom stereocenters. The van der Waals surface area contributed by atoms with Crippen LogP contribution in [0.3, 0.4) is 0 Å². The van der Waals surface area contributed by atoms with E-state index in [0.29, 0.717) is 12.0 Å². The van der Waals surface area contributed by atoms with Crippen molar-refractivity contribution in [1.82, 2.24) is 19.5 Å². The van der Waals surface area contributed by atoms with Gasteiger partial charge in [-0.3, -0.25) is 39.2 Å². The van der Waals surface area contributed by atoms with E-state index in [2.05, 4.69) is 20.3 Å². The van der Waals surface area contributed by atoms with Gasteiger partial charge in [0.1, 0.15) is 12.7 Å². The lowest BCUT2D eigenvalue weighted by Gasteiger charge is -2.23. The molecule has 0 unspecified atom stereocenters. The number of nitro groups is 1. The number of rotatable bonds is 12. The van der Waals surface area contributed by atoms with E-state index < -0.39 is 53.3 Å². The van der Waals surface area contributed by atoms with Crippen LogP contribution >= 0.6 is 0 Å². The van der Waals surface area contributed by atoms with Crippen LogP contribution in [0.25, 0.3) is 11.2 Å². The fourth-order valence-electron chi connectivity index (χ4n) is 4.96. The molecule has 0 saturated carbocycles. The number of carbonyl (C=O) groups excluding carboxylic acids is 4. The van der Waals surface area contributed by atoms with Crippen molar-refractivity contribution in [3.63, 3.8) is 0 Å². The summed E-state index contributed by atoms with van der Waals surface area (Å²) < 4.78 is 29.7. The van der Waals surface area contributed by atoms with E-state index in [9.17, 15) is 29.3 Å². The van der Waals surface area contributed by atoms with Crippen molar-refractivity contribution in [2.24, 2.45) is 0 Å². The van der Waals surface area contributed by atoms with Crippen LogP contribution in [0.4, 0.5) is 11.6 Å². The maximum absolute atomic E-state index is 13.0. The van der Waals surface area contributed by atoms with Gasteiger partial charge in [0.05, 0.1) is 17.9 Å². The normalized spacial score (nSPS) is 18.6. The van der Waals surface area contributed by atoms with E-state index in [1.165, 1.54) is 43.8 Å². The number of aromatic nitrogens is 4. The van der Waals surface area contributed by atoms with Gasteiger partial charge in [0.25, 0.3) is 11.6 Å². The summed E-state index contributed by atoms with van der Waals surface area (Å²) in [6, 6.07) is 14.3. The highest BCUT2D eigenvalue weighted by Gasteiger charge is 2.51. The molecule has 3 heterocycles. The predicted molar refractivity (Wildman–Crippen MR) is 164 cm³/mol. The van der Waals surface area contributed by atoms with Gasteiger partial charge in [-0.15, -0.1) is 0 Å². The van der Waals surface area contributed by atoms with Gasteiger partial charge in [-0.05, 0) is 17.7 Å². The average molecular weight is 664 g/mol. The molecule has 2 aromatic heterocycles. The number of nitrogens with zero attached hydrogens (tertiary/aromatic N) is 5. The molecule has 1 N–H and O–H groups in total. The summed E-state index contributed by atoms with van der Waals surface area (Å²) in [5.41, 5.74) is 1.29. The number of ether oxygens (including phenoxy) is 5. The Morgan fingerprint density at radius 2 is 1.62 bits per heavy atom. The Morgan fingerprint density at radius 3 is 2.27 bits per heavy atom. The molecule has 0 aliphatic carbocycles. The Balaban J connectivity index is 1.51. The van der Waals surface area contributed by atoms with Crippen LogP contribution in [-0.4, -0.2) is 79.8 Å². The average Bonchev–Trinajstić information content (AvgIpc) is 3.61. The second kappa shape index (κ2) is 14.6. The van der Waals surface area contributed by atoms with Crippen LogP contribution in [-0.2, 0) is 39.8 Å². The molecule has 4 aromatic rings. The Bertz CT molecular complexity index is 1830. The van der Waals surface area contributed by atoms with E-state index in [1.54, 1.807) is 42.5 Å². The Labute approximate surface area is 272 Å². The molecule has 250 valence electrons. The number of fused-ring (bicyclic) bond motifs is 1. The van der Waals surface area contributed by atoms with E-state index in [-0.39, 0.29) is 41.9 Å². The SMILES string of the molecule is CC(=O)OC[C@H]1O[C@@H](n2cnc3c(OCCc4ccc([N+](=O)[O-])cc4)nc([15NH]C(=O)c4ccccc4)nc32)[C@H](OC(C)=O)[C@@H]1OC(C)=O. The molecule has 48 heavy (non-hydrogen) atoms. The Kier molecular flexibility index (Phi) is 10.2. The molecule has 1 fully saturated rings. The van der Waals surface area contributed by atoms with Crippen molar-refractivity contribution in [3.05, 3.63) is 82.2 Å². The van der Waals surface area contributed by atoms with Gasteiger partial charge >= 0.3 is 17.9 Å². The number of amides is 1. The van der Waals surface area contributed by atoms with Crippen molar-refractivity contribution in [2.45, 2.75) is 51.7 Å². The van der Waals surface area contributed by atoms with Crippen molar-refractivity contribution in [1.29, 1.82) is 0 Å². The monoisotopic (exact) mass is 663 g/mol. The maximum Gasteiger partial charge on any atom is 0.303 e. The number of anilines is 1. The molecule has 0 radical (unpaired) electrons. The van der Waals surface area contributed by atoms with Crippen molar-refractivity contribution in [2.75, 3.05) is 18.5 Å². The number of hydrogen-bond donors (Lipinski definition) is 1. The van der Waals surface area contributed by atoms with Crippen LogP contribution in [0, 0.1) is 10.1 Å². The lowest BCUT2D eigenvalue weighted by atomic mass is 10.1. The molecule has 0 bridgehead atoms. The summed E-state index contributed by atoms with van der Waals surface area (Å²) in [5.74, 6) is -2.69. The number of nitro benzene ring substituents is 1. The molecule has 1 amide bonds. The van der Waals surface area contributed by atoms with Gasteiger partial charge in [0.2, 0.25) is 11.8 Å². The third kappa shape index (κ3) is 7.87. The summed E-state index contributed by atoms with van der Waals surface area (Å²) in [6.45, 7) is 3.29. The van der Waals surface area contributed by atoms with Crippen LogP contribution in [0.5, 0.6) is 5.88 Å². The molecule has 17 nitrogen and oxygen atoms in total. The third-order valence-corrected chi connectivity index (χ3v) is 7.04. The van der Waals surface area contributed by atoms with Crippen molar-refractivity contribution >= 4 is 46.6 Å². The second-order valence-electron chi connectivity index (χ2n) is 10.5. The predicted octanol–water partition coefficient (Wildman–Crippen LogP) is 2.93. The molecule has 1 saturated heterocycles. The Hall–Kier alpha value is -5.97. The first-order valence-electron chi connectivity index (χ1n) is 14.6. The van der Waals surface area contributed by atoms with Crippen LogP contribution in [0.1, 0.15) is 42.9 Å². The minimum absolute atomic E-state index is 0.0148. The molecule has 5 rings (SSSR count). The highest BCUT2D eigenvalue weighted by molar-refractivity contribution is 6.03. The number of carbonyl (C=O) groups is 4. The van der Waals surface area contributed by atoms with Crippen LogP contribution < -0.4 is 10.1 Å². The number of benzene rings is 2. The number of non-ortho nitro benzene ring substituents is 1. The summed E-state index contributed by atoms with van der Waals surface area (Å²) in [6.07, 6.45) is -2.97. The maximum atomic E-state index is 13.0. The minimum atomic E-state index is -1.23. The lowest BCUT2D eigenvalue weighted by molar-refractivity contribution is -0.384. The molecular weight excluding hydrogens is 633 g/mol. The number of imidazole rings is 1. The van der Waals surface area contributed by atoms with Gasteiger partial charge in [-0.1, -0.05) is 30.3 Å². The molecule has 1 aliphatic heterocycles. The molecular formula is C31H30N6O11. The zero-order valence-corrected chi connectivity index (χ0v) is 25.9. The van der Waals surface area contributed by atoms with Gasteiger partial charge in [-0.2, -0.15) is 9.97 Å². The highest BCUT2D eigenvalue weighted by atomic mass is 16.7. The number of nitrogens with one attached hydrogen (secondary N) is 1. The molecule has 1 aliphatic rings. The fraction of sp³-hybridized carbons (Fsp3) is 0.323. The molecule has 2 aromatic carbocycles. The van der Waals surface area contributed by atoms with E-state index in [0.717, 1.165) is 5.56 Å². The second-order valence-corrected chi connectivity index (χ2v) is 10.5. The summed E-state index contributed by atoms with van der Waals surface area (Å²) in [4.78, 5) is 72.6. The van der Waals surface area contributed by atoms with Crippen LogP contribution in [0.2, 0.25) is 0 Å². The first-order chi connectivity index (χ1) is 23.0. The lowest BCUT2D eigenvalue weighted by Crippen LogP contribution is -2.40. The third-order valence-electron chi connectivity index (χ3n) is 7.04. The quantitative estimate of drug-likeness (QED) is 0.0759. The van der Waals surface area contributed by atoms with Gasteiger partial charge in [0.15, 0.2) is 29.6 Å². The summed E-state index contributed by atoms with van der Waals surface area (Å²) in [5, 5.41) is 13.6. The van der Waals surface area contributed by atoms with Crippen molar-refractivity contribution in [3.8, 4) is 5.88 Å². The molecule has 17 heteroatoms. The molecule has 0 spiro atoms. The number of hydrogen-bond acceptors (Lipinski definition) is 14. The fourth-order valence-corrected chi connectivity index (χ4v) is 4.96. The van der Waals surface area contributed by atoms with Crippen molar-refractivity contribution < 1.29 is 47.8 Å². The minimum Gasteiger partial charge on any atom is -0.476 e. The topological polar surface area (TPSA) is 213 Å². The zero-order chi connectivity index (χ0) is 34.4. The number of esters is 3. The smallest absolute Gasteiger partial charge is 0.303 e. The van der Waals surface area contributed by atoms with Gasteiger partial charge in [-0.25, -0.2) is 4.98 Å². The van der Waals surface area contributed by atoms with E-state index >= 15 is 0 Å². The first kappa shape index (κ1) is 33.4. The first-order valence-corrected chi connectivity index (χ1v) is 14.6. The highest BCUT2D eigenvalue weighted by Crippen LogP contribution is 2.37. The zero-order valence-electron chi connectivity index (χ0n) is 25.9. The summed E-state index contributed by atoms with van der Waals surface area (Å²) >= 11 is 0. The summed E-state index contributed by atoms with van der Waals surface area (Å²) in [7, 11) is 0. The van der Waals surface area contributed by atoms with Crippen LogP contribution in [0.15, 0.2) is 60.9 Å². The largest absolute Gasteiger partial charge is 0.476 e. The van der Waals surface area contributed by atoms with Gasteiger partial charge in [0, 0.05) is 44.9 Å². The Morgan fingerprint density at radius 1 is 0.938 bits per heavy atom. The standard InChI is InChI=1S/C31H30N6O11/c1-17(38)45-15-23-25(46-18(2)39)26(47-19(3)40)30(48-23)36-16-32-24-27(36)33-31(34-28(41)21-7-5-4-6-8-21)35-29(24)44-14-13-20-9-11-22(12-10-20)37(42)43/h4-12,16,23,25-26,30H,13-15H2,1-3H3,(H,33,34,35,41)/t23-,25-,26-,30-/m1/s1/i34+1. The van der Waals surface area contributed by atoms with E-state index in [1.807, 2.05) is 0 Å².